The number of hydrogen-bond donors (Lipinski definition) is 1. The van der Waals surface area contributed by atoms with Crippen molar-refractivity contribution >= 4 is 15.9 Å². The average Bonchev–Trinajstić information content (AvgIpc) is 3.52. The molecule has 2 aromatic heterocycles. The summed E-state index contributed by atoms with van der Waals surface area (Å²) in [7, 11) is -3.81. The topological polar surface area (TPSA) is 92.8 Å². The third-order valence-electron chi connectivity index (χ3n) is 5.20. The average molecular weight is 465 g/mol. The highest BCUT2D eigenvalue weighted by atomic mass is 32.2. The molecule has 0 bridgehead atoms. The minimum atomic E-state index is -3.81. The Morgan fingerprint density at radius 1 is 0.879 bits per heavy atom. The fourth-order valence-electron chi connectivity index (χ4n) is 3.41. The standard InChI is InChI=1S/C25H24N2O5S/c1-19-11-12-23(33(29,30)26-16-20-7-3-2-4-8-20)15-24(19)25(28)27(17-21-9-5-13-31-21)18-22-10-6-14-32-22/h2-15,26H,16-18H2,1H3. The predicted octanol–water partition coefficient (Wildman–Crippen LogP) is 4.50. The molecule has 0 radical (unpaired) electrons. The molecule has 1 amide bonds. The monoisotopic (exact) mass is 464 g/mol. The van der Waals surface area contributed by atoms with Crippen LogP contribution in [0.2, 0.25) is 0 Å². The van der Waals surface area contributed by atoms with Crippen molar-refractivity contribution < 1.29 is 22.0 Å². The van der Waals surface area contributed by atoms with Gasteiger partial charge >= 0.3 is 0 Å². The smallest absolute Gasteiger partial charge is 0.254 e. The van der Waals surface area contributed by atoms with Gasteiger partial charge in [-0.1, -0.05) is 36.4 Å². The minimum Gasteiger partial charge on any atom is -0.467 e. The summed E-state index contributed by atoms with van der Waals surface area (Å²) in [6, 6.07) is 20.9. The number of rotatable bonds is 9. The largest absolute Gasteiger partial charge is 0.467 e. The first-order chi connectivity index (χ1) is 15.9. The van der Waals surface area contributed by atoms with E-state index in [0.717, 1.165) is 5.56 Å². The number of furan rings is 2. The Kier molecular flexibility index (Phi) is 6.76. The molecule has 2 aromatic carbocycles. The first kappa shape index (κ1) is 22.6. The number of sulfonamides is 1. The highest BCUT2D eigenvalue weighted by molar-refractivity contribution is 7.89. The number of carbonyl (C=O) groups excluding carboxylic acids is 1. The molecule has 0 saturated carbocycles. The Balaban J connectivity index is 1.59. The van der Waals surface area contributed by atoms with Crippen LogP contribution in [-0.4, -0.2) is 19.2 Å². The molecular weight excluding hydrogens is 440 g/mol. The van der Waals surface area contributed by atoms with Crippen LogP contribution < -0.4 is 4.72 Å². The molecule has 0 aliphatic carbocycles. The van der Waals surface area contributed by atoms with Gasteiger partial charge in [-0.3, -0.25) is 4.79 Å². The summed E-state index contributed by atoms with van der Waals surface area (Å²) < 4.78 is 39.3. The Morgan fingerprint density at radius 3 is 2.09 bits per heavy atom. The third kappa shape index (κ3) is 5.60. The van der Waals surface area contributed by atoms with Crippen LogP contribution in [0.25, 0.3) is 0 Å². The number of carbonyl (C=O) groups is 1. The maximum atomic E-state index is 13.5. The molecule has 33 heavy (non-hydrogen) atoms. The zero-order valence-corrected chi connectivity index (χ0v) is 18.9. The van der Waals surface area contributed by atoms with E-state index in [1.165, 1.54) is 12.1 Å². The third-order valence-corrected chi connectivity index (χ3v) is 6.60. The molecule has 0 aliphatic heterocycles. The molecule has 4 aromatic rings. The first-order valence-corrected chi connectivity index (χ1v) is 11.9. The number of aryl methyl sites for hydroxylation is 1. The second-order valence-corrected chi connectivity index (χ2v) is 9.37. The fourth-order valence-corrected chi connectivity index (χ4v) is 4.45. The van der Waals surface area contributed by atoms with Crippen LogP contribution in [0.5, 0.6) is 0 Å². The van der Waals surface area contributed by atoms with Gasteiger partial charge in [-0.15, -0.1) is 0 Å². The van der Waals surface area contributed by atoms with Crippen LogP contribution >= 0.6 is 0 Å². The molecule has 7 nitrogen and oxygen atoms in total. The number of hydrogen-bond acceptors (Lipinski definition) is 5. The second kappa shape index (κ2) is 9.89. The van der Waals surface area contributed by atoms with Crippen molar-refractivity contribution in [2.24, 2.45) is 0 Å². The molecule has 0 fully saturated rings. The van der Waals surface area contributed by atoms with Crippen molar-refractivity contribution in [2.75, 3.05) is 0 Å². The molecule has 4 rings (SSSR count). The summed E-state index contributed by atoms with van der Waals surface area (Å²) in [5, 5.41) is 0. The molecule has 0 aliphatic rings. The van der Waals surface area contributed by atoms with Crippen LogP contribution in [-0.2, 0) is 29.7 Å². The van der Waals surface area contributed by atoms with E-state index in [4.69, 9.17) is 8.83 Å². The predicted molar refractivity (Wildman–Crippen MR) is 123 cm³/mol. The molecule has 0 atom stereocenters. The summed E-state index contributed by atoms with van der Waals surface area (Å²) in [6.07, 6.45) is 3.09. The van der Waals surface area contributed by atoms with Crippen molar-refractivity contribution in [3.8, 4) is 0 Å². The lowest BCUT2D eigenvalue weighted by molar-refractivity contribution is 0.0704. The molecule has 8 heteroatoms. The summed E-state index contributed by atoms with van der Waals surface area (Å²) >= 11 is 0. The Hall–Kier alpha value is -3.62. The molecule has 170 valence electrons. The molecule has 0 saturated heterocycles. The van der Waals surface area contributed by atoms with Gasteiger partial charge in [-0.25, -0.2) is 13.1 Å². The minimum absolute atomic E-state index is 0.0309. The zero-order chi connectivity index (χ0) is 23.3. The summed E-state index contributed by atoms with van der Waals surface area (Å²) in [5.41, 5.74) is 1.81. The van der Waals surface area contributed by atoms with Crippen molar-refractivity contribution in [3.63, 3.8) is 0 Å². The van der Waals surface area contributed by atoms with Crippen molar-refractivity contribution in [1.29, 1.82) is 0 Å². The highest BCUT2D eigenvalue weighted by Gasteiger charge is 2.23. The second-order valence-electron chi connectivity index (χ2n) is 7.61. The lowest BCUT2D eigenvalue weighted by atomic mass is 10.1. The number of nitrogens with zero attached hydrogens (tertiary/aromatic N) is 1. The molecule has 2 heterocycles. The summed E-state index contributed by atoms with van der Waals surface area (Å²) in [6.45, 7) is 2.37. The van der Waals surface area contributed by atoms with Crippen molar-refractivity contribution in [2.45, 2.75) is 31.5 Å². The molecule has 0 spiro atoms. The van der Waals surface area contributed by atoms with Crippen LogP contribution in [0.1, 0.15) is 33.0 Å². The number of nitrogens with one attached hydrogen (secondary N) is 1. The Bertz CT molecular complexity index is 1260. The summed E-state index contributed by atoms with van der Waals surface area (Å²) in [4.78, 5) is 15.1. The van der Waals surface area contributed by atoms with E-state index in [1.807, 2.05) is 30.3 Å². The van der Waals surface area contributed by atoms with Crippen LogP contribution in [0.3, 0.4) is 0 Å². The molecular formula is C25H24N2O5S. The zero-order valence-electron chi connectivity index (χ0n) is 18.1. The normalized spacial score (nSPS) is 11.4. The van der Waals surface area contributed by atoms with Gasteiger partial charge in [0.1, 0.15) is 11.5 Å². The fraction of sp³-hybridized carbons (Fsp3) is 0.160. The van der Waals surface area contributed by atoms with Gasteiger partial charge in [0.05, 0.1) is 30.5 Å². The van der Waals surface area contributed by atoms with Crippen molar-refractivity contribution in [1.82, 2.24) is 9.62 Å². The van der Waals surface area contributed by atoms with Gasteiger partial charge in [0.15, 0.2) is 0 Å². The van der Waals surface area contributed by atoms with Gasteiger partial charge in [-0.05, 0) is 54.4 Å². The Labute approximate surface area is 192 Å². The van der Waals surface area contributed by atoms with Crippen molar-refractivity contribution in [3.05, 3.63) is 114 Å². The van der Waals surface area contributed by atoms with E-state index in [2.05, 4.69) is 4.72 Å². The van der Waals surface area contributed by atoms with Gasteiger partial charge in [0.2, 0.25) is 10.0 Å². The van der Waals surface area contributed by atoms with E-state index in [1.54, 1.807) is 54.7 Å². The number of amides is 1. The van der Waals surface area contributed by atoms with Gasteiger partial charge in [-0.2, -0.15) is 0 Å². The SMILES string of the molecule is Cc1ccc(S(=O)(=O)NCc2ccccc2)cc1C(=O)N(Cc1ccco1)Cc1ccco1. The summed E-state index contributed by atoms with van der Waals surface area (Å²) in [5.74, 6) is 0.905. The lowest BCUT2D eigenvalue weighted by Crippen LogP contribution is -2.31. The lowest BCUT2D eigenvalue weighted by Gasteiger charge is -2.22. The van der Waals surface area contributed by atoms with E-state index in [-0.39, 0.29) is 30.4 Å². The molecule has 1 N–H and O–H groups in total. The van der Waals surface area contributed by atoms with E-state index in [9.17, 15) is 13.2 Å². The van der Waals surface area contributed by atoms with E-state index >= 15 is 0 Å². The maximum absolute atomic E-state index is 13.5. The molecule has 0 unspecified atom stereocenters. The maximum Gasteiger partial charge on any atom is 0.254 e. The quantitative estimate of drug-likeness (QED) is 0.394. The van der Waals surface area contributed by atoms with Gasteiger partial charge in [0, 0.05) is 12.1 Å². The Morgan fingerprint density at radius 2 is 1.52 bits per heavy atom. The first-order valence-electron chi connectivity index (χ1n) is 10.4. The van der Waals surface area contributed by atoms with E-state index < -0.39 is 10.0 Å². The highest BCUT2D eigenvalue weighted by Crippen LogP contribution is 2.21. The number of benzene rings is 2. The van der Waals surface area contributed by atoms with Crippen LogP contribution in [0.15, 0.2) is 99.1 Å². The van der Waals surface area contributed by atoms with Crippen LogP contribution in [0, 0.1) is 6.92 Å². The van der Waals surface area contributed by atoms with Gasteiger partial charge < -0.3 is 13.7 Å². The van der Waals surface area contributed by atoms with E-state index in [0.29, 0.717) is 22.6 Å². The van der Waals surface area contributed by atoms with Gasteiger partial charge in [0.25, 0.3) is 5.91 Å². The van der Waals surface area contributed by atoms with Crippen LogP contribution in [0.4, 0.5) is 0 Å².